The minimum absolute atomic E-state index is 0.153. The summed E-state index contributed by atoms with van der Waals surface area (Å²) in [5, 5.41) is 0. The Morgan fingerprint density at radius 2 is 1.67 bits per heavy atom. The van der Waals surface area contributed by atoms with Crippen molar-refractivity contribution in [1.29, 1.82) is 0 Å². The van der Waals surface area contributed by atoms with Gasteiger partial charge in [0.2, 0.25) is 0 Å². The van der Waals surface area contributed by atoms with Crippen molar-refractivity contribution in [2.24, 2.45) is 0 Å². The second-order valence-corrected chi connectivity index (χ2v) is 6.11. The molecule has 0 aliphatic heterocycles. The molecule has 2 heterocycles. The highest BCUT2D eigenvalue weighted by Gasteiger charge is 2.13. The predicted molar refractivity (Wildman–Crippen MR) is 99.3 cm³/mol. The van der Waals surface area contributed by atoms with Gasteiger partial charge in [-0.3, -0.25) is 9.36 Å². The molecule has 2 N–H and O–H groups in total. The zero-order chi connectivity index (χ0) is 16.7. The van der Waals surface area contributed by atoms with Crippen LogP contribution in [0.2, 0.25) is 0 Å². The molecule has 0 radical (unpaired) electrons. The quantitative estimate of drug-likeness (QED) is 0.536. The first kappa shape index (κ1) is 14.7. The fraction of sp³-hybridized carbons (Fsp3) is 0.0526. The molecule has 24 heavy (non-hydrogen) atoms. The van der Waals surface area contributed by atoms with Gasteiger partial charge in [-0.1, -0.05) is 48.0 Å². The van der Waals surface area contributed by atoms with Gasteiger partial charge in [0.05, 0.1) is 11.2 Å². The molecule has 0 saturated heterocycles. The van der Waals surface area contributed by atoms with Crippen molar-refractivity contribution < 1.29 is 0 Å². The van der Waals surface area contributed by atoms with Crippen molar-refractivity contribution >= 4 is 23.3 Å². The van der Waals surface area contributed by atoms with Gasteiger partial charge in [-0.15, -0.1) is 0 Å². The van der Waals surface area contributed by atoms with Crippen LogP contribution in [0.3, 0.4) is 0 Å². The molecule has 118 valence electrons. The van der Waals surface area contributed by atoms with Gasteiger partial charge in [0.15, 0.2) is 4.77 Å². The lowest BCUT2D eigenvalue weighted by Crippen LogP contribution is -2.20. The van der Waals surface area contributed by atoms with Crippen LogP contribution in [0, 0.1) is 11.7 Å². The van der Waals surface area contributed by atoms with E-state index in [9.17, 15) is 4.79 Å². The van der Waals surface area contributed by atoms with Crippen LogP contribution in [0.4, 0.5) is 0 Å². The molecule has 0 bridgehead atoms. The Balaban J connectivity index is 1.99. The van der Waals surface area contributed by atoms with E-state index in [1.54, 1.807) is 0 Å². The van der Waals surface area contributed by atoms with Crippen LogP contribution in [0.15, 0.2) is 65.6 Å². The summed E-state index contributed by atoms with van der Waals surface area (Å²) in [5.74, 6) is 0. The zero-order valence-electron chi connectivity index (χ0n) is 13.0. The van der Waals surface area contributed by atoms with Crippen LogP contribution >= 0.6 is 12.2 Å². The van der Waals surface area contributed by atoms with Crippen molar-refractivity contribution in [3.05, 3.63) is 81.5 Å². The van der Waals surface area contributed by atoms with Crippen LogP contribution < -0.4 is 5.56 Å². The van der Waals surface area contributed by atoms with Crippen LogP contribution in [-0.2, 0) is 0 Å². The third-order valence-electron chi connectivity index (χ3n) is 4.11. The minimum Gasteiger partial charge on any atom is -0.355 e. The van der Waals surface area contributed by atoms with Crippen LogP contribution in [-0.4, -0.2) is 14.5 Å². The lowest BCUT2D eigenvalue weighted by molar-refractivity contribution is 0.936. The summed E-state index contributed by atoms with van der Waals surface area (Å²) in [7, 11) is 0. The number of aromatic nitrogens is 3. The maximum Gasteiger partial charge on any atom is 0.283 e. The summed E-state index contributed by atoms with van der Waals surface area (Å²) in [6.45, 7) is 2.01. The molecule has 0 amide bonds. The Morgan fingerprint density at radius 3 is 2.38 bits per heavy atom. The van der Waals surface area contributed by atoms with Crippen molar-refractivity contribution in [3.63, 3.8) is 0 Å². The standard InChI is InChI=1S/C19H15N3OS/c1-12-7-9-14(10-8-12)22-18(23)17-16(21-19(22)24)15(11-20-17)13-5-3-2-4-6-13/h2-11,20H,1H3,(H,21,24). The average Bonchev–Trinajstić information content (AvgIpc) is 3.01. The molecular formula is C19H15N3OS. The SMILES string of the molecule is Cc1ccc(-n2c(=S)[nH]c3c(-c4ccccc4)c[nH]c3c2=O)cc1. The lowest BCUT2D eigenvalue weighted by Gasteiger charge is -2.07. The van der Waals surface area contributed by atoms with Crippen molar-refractivity contribution in [2.75, 3.05) is 0 Å². The summed E-state index contributed by atoms with van der Waals surface area (Å²) in [6.07, 6.45) is 1.84. The number of H-pyrrole nitrogens is 2. The molecule has 0 unspecified atom stereocenters. The fourth-order valence-corrected chi connectivity index (χ4v) is 3.15. The number of rotatable bonds is 2. The minimum atomic E-state index is -0.153. The Bertz CT molecular complexity index is 1140. The molecule has 0 aliphatic rings. The second-order valence-electron chi connectivity index (χ2n) is 5.72. The number of nitrogens with one attached hydrogen (secondary N) is 2. The molecule has 0 spiro atoms. The smallest absolute Gasteiger partial charge is 0.283 e. The molecule has 4 nitrogen and oxygen atoms in total. The van der Waals surface area contributed by atoms with Crippen molar-refractivity contribution in [2.45, 2.75) is 6.92 Å². The highest BCUT2D eigenvalue weighted by molar-refractivity contribution is 7.71. The number of nitrogens with zero attached hydrogens (tertiary/aromatic N) is 1. The molecule has 0 saturated carbocycles. The Kier molecular flexibility index (Phi) is 3.43. The predicted octanol–water partition coefficient (Wildman–Crippen LogP) is 4.35. The van der Waals surface area contributed by atoms with Gasteiger partial charge < -0.3 is 9.97 Å². The normalized spacial score (nSPS) is 11.0. The van der Waals surface area contributed by atoms with Gasteiger partial charge in [0.1, 0.15) is 5.52 Å². The Morgan fingerprint density at radius 1 is 0.958 bits per heavy atom. The number of hydrogen-bond donors (Lipinski definition) is 2. The topological polar surface area (TPSA) is 53.6 Å². The molecule has 0 fully saturated rings. The largest absolute Gasteiger partial charge is 0.355 e. The summed E-state index contributed by atoms with van der Waals surface area (Å²) >= 11 is 5.45. The van der Waals surface area contributed by atoms with E-state index in [0.717, 1.165) is 27.9 Å². The maximum absolute atomic E-state index is 12.9. The fourth-order valence-electron chi connectivity index (χ4n) is 2.86. The van der Waals surface area contributed by atoms with Gasteiger partial charge in [-0.2, -0.15) is 0 Å². The van der Waals surface area contributed by atoms with E-state index < -0.39 is 0 Å². The summed E-state index contributed by atoms with van der Waals surface area (Å²) in [5.41, 5.74) is 4.95. The Labute approximate surface area is 143 Å². The van der Waals surface area contributed by atoms with Crippen LogP contribution in [0.5, 0.6) is 0 Å². The molecule has 0 aliphatic carbocycles. The first-order valence-electron chi connectivity index (χ1n) is 7.64. The first-order valence-corrected chi connectivity index (χ1v) is 8.05. The molecular weight excluding hydrogens is 318 g/mol. The van der Waals surface area contributed by atoms with Gasteiger partial charge >= 0.3 is 0 Å². The summed E-state index contributed by atoms with van der Waals surface area (Å²) < 4.78 is 1.90. The molecule has 4 rings (SSSR count). The number of aromatic amines is 2. The summed E-state index contributed by atoms with van der Waals surface area (Å²) in [6, 6.07) is 17.6. The van der Waals surface area contributed by atoms with Crippen LogP contribution in [0.1, 0.15) is 5.56 Å². The highest BCUT2D eigenvalue weighted by atomic mass is 32.1. The van der Waals surface area contributed by atoms with Crippen molar-refractivity contribution in [3.8, 4) is 16.8 Å². The van der Waals surface area contributed by atoms with Gasteiger partial charge in [0, 0.05) is 11.8 Å². The van der Waals surface area contributed by atoms with E-state index in [0.29, 0.717) is 10.3 Å². The number of hydrogen-bond acceptors (Lipinski definition) is 2. The van der Waals surface area contributed by atoms with E-state index >= 15 is 0 Å². The van der Waals surface area contributed by atoms with E-state index in [2.05, 4.69) is 9.97 Å². The third kappa shape index (κ3) is 2.30. The average molecular weight is 333 g/mol. The molecule has 5 heteroatoms. The molecule has 4 aromatic rings. The van der Waals surface area contributed by atoms with E-state index in [1.165, 1.54) is 4.57 Å². The molecule has 2 aromatic carbocycles. The third-order valence-corrected chi connectivity index (χ3v) is 4.39. The lowest BCUT2D eigenvalue weighted by atomic mass is 10.1. The van der Waals surface area contributed by atoms with Gasteiger partial charge in [0.25, 0.3) is 5.56 Å². The molecule has 0 atom stereocenters. The van der Waals surface area contributed by atoms with E-state index in [-0.39, 0.29) is 5.56 Å². The molecule has 2 aromatic heterocycles. The van der Waals surface area contributed by atoms with E-state index in [1.807, 2.05) is 67.7 Å². The van der Waals surface area contributed by atoms with Gasteiger partial charge in [-0.05, 0) is 36.8 Å². The maximum atomic E-state index is 12.9. The Hall–Kier alpha value is -2.92. The monoisotopic (exact) mass is 333 g/mol. The van der Waals surface area contributed by atoms with Gasteiger partial charge in [-0.25, -0.2) is 0 Å². The van der Waals surface area contributed by atoms with E-state index in [4.69, 9.17) is 12.2 Å². The second kappa shape index (κ2) is 5.62. The number of fused-ring (bicyclic) bond motifs is 1. The number of aryl methyl sites for hydroxylation is 1. The summed E-state index contributed by atoms with van der Waals surface area (Å²) in [4.78, 5) is 19.2. The van der Waals surface area contributed by atoms with Crippen molar-refractivity contribution in [1.82, 2.24) is 14.5 Å². The zero-order valence-corrected chi connectivity index (χ0v) is 13.9. The van der Waals surface area contributed by atoms with Crippen LogP contribution in [0.25, 0.3) is 27.8 Å². The number of benzene rings is 2. The first-order chi connectivity index (χ1) is 11.6. The highest BCUT2D eigenvalue weighted by Crippen LogP contribution is 2.25.